The Kier molecular flexibility index (Phi) is 8.86. The number of halogens is 2. The maximum atomic E-state index is 15.5. The van der Waals surface area contributed by atoms with Crippen molar-refractivity contribution in [2.75, 3.05) is 48.1 Å². The second-order valence-electron chi connectivity index (χ2n) is 14.8. The zero-order valence-electron chi connectivity index (χ0n) is 29.9. The zero-order chi connectivity index (χ0) is 38.2. The quantitative estimate of drug-likeness (QED) is 0.163. The molecule has 10 nitrogen and oxygen atoms in total. The molecular weight excluding hydrogens is 786 g/mol. The lowest BCUT2D eigenvalue weighted by molar-refractivity contribution is -0.127. The molecule has 6 atom stereocenters. The fourth-order valence-corrected chi connectivity index (χ4v) is 10.6. The van der Waals surface area contributed by atoms with Crippen molar-refractivity contribution < 1.29 is 33.8 Å². The number of amides is 4. The van der Waals surface area contributed by atoms with Gasteiger partial charge in [0.25, 0.3) is 0 Å². The van der Waals surface area contributed by atoms with Crippen molar-refractivity contribution in [3.8, 4) is 11.5 Å². The molecule has 0 spiro atoms. The van der Waals surface area contributed by atoms with Crippen molar-refractivity contribution in [1.29, 1.82) is 0 Å². The van der Waals surface area contributed by atoms with Crippen LogP contribution >= 0.6 is 27.5 Å². The molecular formula is C43H37BrClN3O7. The van der Waals surface area contributed by atoms with E-state index in [1.54, 1.807) is 36.4 Å². The van der Waals surface area contributed by atoms with E-state index < -0.39 is 46.8 Å². The maximum Gasteiger partial charge on any atom is 0.246 e. The molecule has 4 fully saturated rings. The number of anilines is 3. The fraction of sp³-hybridized carbons (Fsp3) is 0.302. The molecule has 3 heterocycles. The number of methoxy groups -OCH3 is 1. The van der Waals surface area contributed by atoms with E-state index in [2.05, 4.69) is 20.8 Å². The minimum Gasteiger partial charge on any atom is -0.503 e. The van der Waals surface area contributed by atoms with E-state index in [-0.39, 0.29) is 36.2 Å². The van der Waals surface area contributed by atoms with E-state index in [0.29, 0.717) is 45.2 Å². The molecule has 0 unspecified atom stereocenters. The Balaban J connectivity index is 1.20. The predicted octanol–water partition coefficient (Wildman–Crippen LogP) is 7.02. The Morgan fingerprint density at radius 1 is 0.818 bits per heavy atom. The summed E-state index contributed by atoms with van der Waals surface area (Å²) < 4.78 is 11.5. The van der Waals surface area contributed by atoms with Crippen LogP contribution in [0, 0.1) is 23.7 Å². The topological polar surface area (TPSA) is 117 Å². The van der Waals surface area contributed by atoms with E-state index in [1.165, 1.54) is 16.9 Å². The standard InChI is InChI=1S/C43H37BrClN3O7/c1-54-35-21-24(20-34(44)38(35)49)37-30-14-15-31-36(41(52)47(39(31)50)28-12-10-27(11-13-28)46-16-18-55-19-17-46)32(30)23-33-40(51)48(29-9-5-8-26(45)22-29)42(53)43(33,37)25-6-3-2-4-7-25/h2-14,20-22,31-33,36-37,49H,15-19,23H2,1H3/t31-,32+,33-,36-,37-,43+/m0/s1. The van der Waals surface area contributed by atoms with E-state index in [4.69, 9.17) is 21.1 Å². The number of rotatable bonds is 6. The van der Waals surface area contributed by atoms with Crippen LogP contribution < -0.4 is 19.4 Å². The smallest absolute Gasteiger partial charge is 0.246 e. The van der Waals surface area contributed by atoms with Gasteiger partial charge in [-0.2, -0.15) is 0 Å². The molecule has 9 rings (SSSR count). The average Bonchev–Trinajstić information content (AvgIpc) is 3.60. The number of morpholine rings is 1. The highest BCUT2D eigenvalue weighted by atomic mass is 79.9. The fourth-order valence-electron chi connectivity index (χ4n) is 9.92. The number of imide groups is 2. The number of hydrogen-bond acceptors (Lipinski definition) is 8. The summed E-state index contributed by atoms with van der Waals surface area (Å²) in [5.74, 6) is -4.98. The van der Waals surface area contributed by atoms with Crippen molar-refractivity contribution >= 4 is 68.2 Å². The van der Waals surface area contributed by atoms with Crippen molar-refractivity contribution in [3.05, 3.63) is 123 Å². The molecule has 0 bridgehead atoms. The predicted molar refractivity (Wildman–Crippen MR) is 210 cm³/mol. The van der Waals surface area contributed by atoms with Gasteiger partial charge in [-0.15, -0.1) is 0 Å². The van der Waals surface area contributed by atoms with Gasteiger partial charge in [0, 0.05) is 29.7 Å². The SMILES string of the molecule is COc1cc([C@H]2C3=CC[C@@H]4C(=O)N(c5ccc(N6CCOCC6)cc5)C(=O)[C@@H]4[C@@H]3C[C@H]3C(=O)N(c4cccc(Cl)c4)C(=O)[C@@]23c2ccccc2)cc(Br)c1O. The van der Waals surface area contributed by atoms with Crippen LogP contribution in [0.25, 0.3) is 0 Å². The van der Waals surface area contributed by atoms with Gasteiger partial charge in [-0.1, -0.05) is 59.6 Å². The lowest BCUT2D eigenvalue weighted by Gasteiger charge is -2.50. The van der Waals surface area contributed by atoms with Crippen LogP contribution in [0.4, 0.5) is 17.1 Å². The van der Waals surface area contributed by atoms with Gasteiger partial charge in [-0.3, -0.25) is 24.1 Å². The van der Waals surface area contributed by atoms with Gasteiger partial charge < -0.3 is 19.5 Å². The van der Waals surface area contributed by atoms with Crippen LogP contribution in [0.1, 0.15) is 29.9 Å². The monoisotopic (exact) mass is 821 g/mol. The number of phenolic OH excluding ortho intramolecular Hbond substituents is 1. The Morgan fingerprint density at radius 3 is 2.25 bits per heavy atom. The molecule has 3 saturated heterocycles. The third kappa shape index (κ3) is 5.38. The largest absolute Gasteiger partial charge is 0.503 e. The third-order valence-electron chi connectivity index (χ3n) is 12.3. The minimum absolute atomic E-state index is 0.108. The van der Waals surface area contributed by atoms with Crippen molar-refractivity contribution in [2.24, 2.45) is 23.7 Å². The molecule has 12 heteroatoms. The van der Waals surface area contributed by atoms with Crippen LogP contribution in [0.15, 0.2) is 107 Å². The molecule has 5 aliphatic rings. The number of ether oxygens (including phenoxy) is 2. The van der Waals surface area contributed by atoms with Crippen molar-refractivity contribution in [3.63, 3.8) is 0 Å². The van der Waals surface area contributed by atoms with E-state index in [9.17, 15) is 14.7 Å². The van der Waals surface area contributed by atoms with Gasteiger partial charge in [-0.05, 0) is 100 Å². The van der Waals surface area contributed by atoms with Crippen LogP contribution in [0.3, 0.4) is 0 Å². The van der Waals surface area contributed by atoms with Crippen molar-refractivity contribution in [2.45, 2.75) is 24.2 Å². The van der Waals surface area contributed by atoms with Gasteiger partial charge in [0.15, 0.2) is 11.5 Å². The van der Waals surface area contributed by atoms with Gasteiger partial charge in [-0.25, -0.2) is 4.90 Å². The lowest BCUT2D eigenvalue weighted by Crippen LogP contribution is -2.53. The summed E-state index contributed by atoms with van der Waals surface area (Å²) in [5.41, 5.74) is 2.45. The average molecular weight is 823 g/mol. The summed E-state index contributed by atoms with van der Waals surface area (Å²) in [5, 5.41) is 11.3. The Morgan fingerprint density at radius 2 is 1.55 bits per heavy atom. The van der Waals surface area contributed by atoms with E-state index >= 15 is 9.59 Å². The highest BCUT2D eigenvalue weighted by molar-refractivity contribution is 9.10. The lowest BCUT2D eigenvalue weighted by atomic mass is 9.49. The maximum absolute atomic E-state index is 15.5. The highest BCUT2D eigenvalue weighted by Gasteiger charge is 2.70. The molecule has 4 aromatic carbocycles. The summed E-state index contributed by atoms with van der Waals surface area (Å²) >= 11 is 9.94. The minimum atomic E-state index is -1.46. The van der Waals surface area contributed by atoms with Gasteiger partial charge >= 0.3 is 0 Å². The Bertz CT molecular complexity index is 2280. The van der Waals surface area contributed by atoms with Crippen LogP contribution in [0.5, 0.6) is 11.5 Å². The number of carbonyl (C=O) groups is 4. The number of allylic oxidation sites excluding steroid dienone is 2. The Labute approximate surface area is 331 Å². The number of aromatic hydroxyl groups is 1. The molecule has 0 aromatic heterocycles. The third-order valence-corrected chi connectivity index (χ3v) is 13.1. The highest BCUT2D eigenvalue weighted by Crippen LogP contribution is 2.65. The molecule has 280 valence electrons. The number of hydrogen-bond donors (Lipinski definition) is 1. The first-order valence-corrected chi connectivity index (χ1v) is 19.6. The van der Waals surface area contributed by atoms with Crippen LogP contribution in [0.2, 0.25) is 5.02 Å². The molecule has 4 aromatic rings. The molecule has 3 aliphatic heterocycles. The number of carbonyl (C=O) groups excluding carboxylic acids is 4. The van der Waals surface area contributed by atoms with Gasteiger partial charge in [0.2, 0.25) is 23.6 Å². The number of nitrogens with zero attached hydrogens (tertiary/aromatic N) is 3. The molecule has 0 radical (unpaired) electrons. The van der Waals surface area contributed by atoms with Gasteiger partial charge in [0.05, 0.1) is 59.3 Å². The second-order valence-corrected chi connectivity index (χ2v) is 16.1. The van der Waals surface area contributed by atoms with Crippen molar-refractivity contribution in [1.82, 2.24) is 0 Å². The molecule has 4 amide bonds. The first kappa shape index (κ1) is 35.7. The molecule has 55 heavy (non-hydrogen) atoms. The summed E-state index contributed by atoms with van der Waals surface area (Å²) in [6, 6.07) is 26.9. The molecule has 1 N–H and O–H groups in total. The number of fused-ring (bicyclic) bond motifs is 4. The first-order chi connectivity index (χ1) is 26.6. The molecule has 1 saturated carbocycles. The summed E-state index contributed by atoms with van der Waals surface area (Å²) in [7, 11) is 1.45. The second kappa shape index (κ2) is 13.6. The summed E-state index contributed by atoms with van der Waals surface area (Å²) in [6.45, 7) is 2.79. The zero-order valence-corrected chi connectivity index (χ0v) is 32.2. The van der Waals surface area contributed by atoms with E-state index in [1.807, 2.05) is 60.7 Å². The molecule has 2 aliphatic carbocycles. The van der Waals surface area contributed by atoms with Crippen LogP contribution in [-0.2, 0) is 29.3 Å². The van der Waals surface area contributed by atoms with E-state index in [0.717, 1.165) is 24.4 Å². The normalized spacial score (nSPS) is 27.5. The first-order valence-electron chi connectivity index (χ1n) is 18.4. The number of benzene rings is 4. The van der Waals surface area contributed by atoms with Crippen LogP contribution in [-0.4, -0.2) is 62.1 Å². The Hall–Kier alpha value is -4.97. The summed E-state index contributed by atoms with van der Waals surface area (Å²) in [6.07, 6.45) is 2.46. The summed E-state index contributed by atoms with van der Waals surface area (Å²) in [4.78, 5) is 64.3. The van der Waals surface area contributed by atoms with Gasteiger partial charge in [0.1, 0.15) is 0 Å². The number of phenols is 1.